The predicted molar refractivity (Wildman–Crippen MR) is 111 cm³/mol. The average molecular weight is 448 g/mol. The van der Waals surface area contributed by atoms with E-state index in [9.17, 15) is 13.2 Å². The molecule has 3 rings (SSSR count). The van der Waals surface area contributed by atoms with Crippen LogP contribution in [-0.2, 0) is 14.8 Å². The Labute approximate surface area is 177 Å². The van der Waals surface area contributed by atoms with Crippen LogP contribution < -0.4 is 0 Å². The van der Waals surface area contributed by atoms with Crippen LogP contribution in [0.15, 0.2) is 23.1 Å². The molecule has 2 heterocycles. The van der Waals surface area contributed by atoms with E-state index in [-0.39, 0.29) is 15.8 Å². The summed E-state index contributed by atoms with van der Waals surface area (Å²) in [5.41, 5.74) is 0. The van der Waals surface area contributed by atoms with Crippen molar-refractivity contribution in [3.63, 3.8) is 0 Å². The molecule has 2 atom stereocenters. The Kier molecular flexibility index (Phi) is 6.92. The fraction of sp³-hybridized carbons (Fsp3) is 0.632. The first-order valence-electron chi connectivity index (χ1n) is 9.62. The molecular weight excluding hydrogens is 421 g/mol. The number of piperazine rings is 1. The van der Waals surface area contributed by atoms with Gasteiger partial charge in [-0.1, -0.05) is 37.0 Å². The van der Waals surface area contributed by atoms with Crippen LogP contribution in [0.2, 0.25) is 10.0 Å². The molecule has 2 fully saturated rings. The number of halogens is 2. The predicted octanol–water partition coefficient (Wildman–Crippen LogP) is 2.80. The molecule has 156 valence electrons. The number of likely N-dealkylation sites (tertiary alicyclic amines) is 1. The van der Waals surface area contributed by atoms with Crippen molar-refractivity contribution in [2.24, 2.45) is 11.8 Å². The molecule has 0 spiro atoms. The lowest BCUT2D eigenvalue weighted by molar-refractivity contribution is -0.135. The SMILES string of the molecule is CC1CC(C)CN(C(=O)CN2CCN(S(=O)(=O)c3ccc(Cl)c(Cl)c3)CC2)C1. The monoisotopic (exact) mass is 447 g/mol. The molecule has 9 heteroatoms. The third-order valence-electron chi connectivity index (χ3n) is 5.44. The van der Waals surface area contributed by atoms with Crippen LogP contribution in [0.5, 0.6) is 0 Å². The molecule has 28 heavy (non-hydrogen) atoms. The van der Waals surface area contributed by atoms with E-state index in [1.807, 2.05) is 9.80 Å². The van der Waals surface area contributed by atoms with E-state index in [2.05, 4.69) is 13.8 Å². The Balaban J connectivity index is 1.56. The van der Waals surface area contributed by atoms with Gasteiger partial charge in [-0.3, -0.25) is 9.69 Å². The Morgan fingerprint density at radius 1 is 1.04 bits per heavy atom. The third kappa shape index (κ3) is 5.00. The molecule has 0 radical (unpaired) electrons. The van der Waals surface area contributed by atoms with Crippen LogP contribution in [0.1, 0.15) is 20.3 Å². The lowest BCUT2D eigenvalue weighted by atomic mass is 9.92. The molecule has 1 aromatic rings. The molecule has 0 aliphatic carbocycles. The second-order valence-corrected chi connectivity index (χ2v) is 10.8. The number of carbonyl (C=O) groups is 1. The first kappa shape index (κ1) is 21.8. The summed E-state index contributed by atoms with van der Waals surface area (Å²) in [6.07, 6.45) is 1.16. The van der Waals surface area contributed by atoms with E-state index < -0.39 is 10.0 Å². The number of hydrogen-bond acceptors (Lipinski definition) is 4. The third-order valence-corrected chi connectivity index (χ3v) is 8.07. The van der Waals surface area contributed by atoms with E-state index in [1.165, 1.54) is 22.5 Å². The summed E-state index contributed by atoms with van der Waals surface area (Å²) in [7, 11) is -3.62. The maximum atomic E-state index is 12.8. The van der Waals surface area contributed by atoms with E-state index >= 15 is 0 Å². The van der Waals surface area contributed by atoms with E-state index in [1.54, 1.807) is 0 Å². The van der Waals surface area contributed by atoms with Gasteiger partial charge in [0.15, 0.2) is 0 Å². The Morgan fingerprint density at radius 3 is 2.21 bits per heavy atom. The number of amides is 1. The van der Waals surface area contributed by atoms with E-state index in [4.69, 9.17) is 23.2 Å². The van der Waals surface area contributed by atoms with Crippen molar-refractivity contribution in [2.45, 2.75) is 25.2 Å². The summed E-state index contributed by atoms with van der Waals surface area (Å²) >= 11 is 11.9. The molecule has 2 aliphatic heterocycles. The number of sulfonamides is 1. The van der Waals surface area contributed by atoms with Gasteiger partial charge < -0.3 is 4.90 Å². The van der Waals surface area contributed by atoms with Gasteiger partial charge in [-0.15, -0.1) is 0 Å². The molecule has 1 aromatic carbocycles. The topological polar surface area (TPSA) is 60.9 Å². The highest BCUT2D eigenvalue weighted by atomic mass is 35.5. The van der Waals surface area contributed by atoms with E-state index in [0.29, 0.717) is 49.6 Å². The minimum absolute atomic E-state index is 0.138. The molecule has 0 bridgehead atoms. The molecule has 1 amide bonds. The molecule has 6 nitrogen and oxygen atoms in total. The fourth-order valence-corrected chi connectivity index (χ4v) is 5.88. The number of nitrogens with zero attached hydrogens (tertiary/aromatic N) is 3. The summed E-state index contributed by atoms with van der Waals surface area (Å²) in [6, 6.07) is 4.35. The van der Waals surface area contributed by atoms with Crippen LogP contribution in [0, 0.1) is 11.8 Å². The van der Waals surface area contributed by atoms with Crippen molar-refractivity contribution in [1.82, 2.24) is 14.1 Å². The lowest BCUT2D eigenvalue weighted by Gasteiger charge is -2.38. The maximum absolute atomic E-state index is 12.8. The number of benzene rings is 1. The largest absolute Gasteiger partial charge is 0.341 e. The van der Waals surface area contributed by atoms with Gasteiger partial charge in [-0.2, -0.15) is 4.31 Å². The van der Waals surface area contributed by atoms with Gasteiger partial charge in [0.25, 0.3) is 0 Å². The zero-order valence-corrected chi connectivity index (χ0v) is 18.6. The average Bonchev–Trinajstić information content (AvgIpc) is 2.63. The molecular formula is C19H27Cl2N3O3S. The zero-order valence-electron chi connectivity index (χ0n) is 16.3. The molecule has 0 saturated carbocycles. The minimum atomic E-state index is -3.62. The Morgan fingerprint density at radius 2 is 1.64 bits per heavy atom. The first-order valence-corrected chi connectivity index (χ1v) is 11.8. The first-order chi connectivity index (χ1) is 13.2. The standard InChI is InChI=1S/C19H27Cl2N3O3S/c1-14-9-15(2)12-23(11-14)19(25)13-22-5-7-24(8-6-22)28(26,27)16-3-4-17(20)18(21)10-16/h3-4,10,14-15H,5-9,11-13H2,1-2H3. The maximum Gasteiger partial charge on any atom is 0.243 e. The Hall–Kier alpha value is -0.860. The van der Waals surface area contributed by atoms with Crippen molar-refractivity contribution in [3.05, 3.63) is 28.2 Å². The Bertz CT molecular complexity index is 816. The molecule has 2 unspecified atom stereocenters. The quantitative estimate of drug-likeness (QED) is 0.711. The van der Waals surface area contributed by atoms with Gasteiger partial charge in [0.1, 0.15) is 0 Å². The zero-order chi connectivity index (χ0) is 20.5. The van der Waals surface area contributed by atoms with Crippen molar-refractivity contribution >= 4 is 39.1 Å². The van der Waals surface area contributed by atoms with Crippen molar-refractivity contribution < 1.29 is 13.2 Å². The molecule has 2 aliphatic rings. The van der Waals surface area contributed by atoms with Crippen molar-refractivity contribution in [1.29, 1.82) is 0 Å². The summed E-state index contributed by atoms with van der Waals surface area (Å²) in [6.45, 7) is 8.11. The summed E-state index contributed by atoms with van der Waals surface area (Å²) in [4.78, 5) is 16.8. The number of hydrogen-bond donors (Lipinski definition) is 0. The number of rotatable bonds is 4. The van der Waals surface area contributed by atoms with Crippen LogP contribution in [0.3, 0.4) is 0 Å². The van der Waals surface area contributed by atoms with Gasteiger partial charge in [0.2, 0.25) is 15.9 Å². The minimum Gasteiger partial charge on any atom is -0.341 e. The van der Waals surface area contributed by atoms with Crippen LogP contribution >= 0.6 is 23.2 Å². The molecule has 0 aromatic heterocycles. The van der Waals surface area contributed by atoms with E-state index in [0.717, 1.165) is 19.5 Å². The van der Waals surface area contributed by atoms with Gasteiger partial charge in [0.05, 0.1) is 21.5 Å². The van der Waals surface area contributed by atoms with Gasteiger partial charge in [0, 0.05) is 39.3 Å². The molecule has 0 N–H and O–H groups in total. The highest BCUT2D eigenvalue weighted by molar-refractivity contribution is 7.89. The highest BCUT2D eigenvalue weighted by Crippen LogP contribution is 2.27. The molecule has 2 saturated heterocycles. The smallest absolute Gasteiger partial charge is 0.243 e. The summed E-state index contributed by atoms with van der Waals surface area (Å²) in [5, 5.41) is 0.544. The second-order valence-electron chi connectivity index (χ2n) is 8.00. The number of piperidine rings is 1. The summed E-state index contributed by atoms with van der Waals surface area (Å²) < 4.78 is 27.1. The van der Waals surface area contributed by atoms with Gasteiger partial charge >= 0.3 is 0 Å². The van der Waals surface area contributed by atoms with Gasteiger partial charge in [-0.25, -0.2) is 8.42 Å². The van der Waals surface area contributed by atoms with Crippen LogP contribution in [0.4, 0.5) is 0 Å². The normalized spacial score (nSPS) is 25.1. The number of carbonyl (C=O) groups excluding carboxylic acids is 1. The highest BCUT2D eigenvalue weighted by Gasteiger charge is 2.31. The lowest BCUT2D eigenvalue weighted by Crippen LogP contribution is -2.52. The van der Waals surface area contributed by atoms with Crippen LogP contribution in [0.25, 0.3) is 0 Å². The fourth-order valence-electron chi connectivity index (χ4n) is 4.07. The van der Waals surface area contributed by atoms with Gasteiger partial charge in [-0.05, 0) is 36.5 Å². The van der Waals surface area contributed by atoms with Crippen LogP contribution in [-0.4, -0.2) is 74.2 Å². The summed E-state index contributed by atoms with van der Waals surface area (Å²) in [5.74, 6) is 1.20. The van der Waals surface area contributed by atoms with Crippen molar-refractivity contribution in [2.75, 3.05) is 45.8 Å². The second kappa shape index (κ2) is 8.88. The van der Waals surface area contributed by atoms with Crippen molar-refractivity contribution in [3.8, 4) is 0 Å².